The van der Waals surface area contributed by atoms with Crippen molar-refractivity contribution in [1.82, 2.24) is 0 Å². The second-order valence-corrected chi connectivity index (χ2v) is 8.76. The molecular formula is C22H18F2N2O5S. The Balaban J connectivity index is 1.66. The van der Waals surface area contributed by atoms with Gasteiger partial charge >= 0.3 is 0 Å². The van der Waals surface area contributed by atoms with Crippen LogP contribution in [0.4, 0.5) is 20.2 Å². The van der Waals surface area contributed by atoms with Crippen LogP contribution in [0.3, 0.4) is 0 Å². The van der Waals surface area contributed by atoms with E-state index >= 15 is 0 Å². The van der Waals surface area contributed by atoms with Crippen LogP contribution in [0.5, 0.6) is 11.5 Å². The van der Waals surface area contributed by atoms with E-state index in [9.17, 15) is 22.0 Å². The Bertz CT molecular complexity index is 1270. The van der Waals surface area contributed by atoms with E-state index in [2.05, 4.69) is 5.32 Å². The van der Waals surface area contributed by atoms with Gasteiger partial charge in [0.2, 0.25) is 0 Å². The van der Waals surface area contributed by atoms with Crippen molar-refractivity contribution in [3.8, 4) is 11.5 Å². The summed E-state index contributed by atoms with van der Waals surface area (Å²) in [6, 6.07) is 14.9. The molecule has 3 aromatic carbocycles. The van der Waals surface area contributed by atoms with E-state index in [1.165, 1.54) is 37.4 Å². The Morgan fingerprint density at radius 1 is 1.09 bits per heavy atom. The lowest BCUT2D eigenvalue weighted by molar-refractivity contribution is -0.122. The summed E-state index contributed by atoms with van der Waals surface area (Å²) in [7, 11) is -2.59. The van der Waals surface area contributed by atoms with Crippen LogP contribution in [0.1, 0.15) is 0 Å². The van der Waals surface area contributed by atoms with Crippen molar-refractivity contribution in [3.63, 3.8) is 0 Å². The monoisotopic (exact) mass is 460 g/mol. The number of nitrogens with one attached hydrogen (secondary N) is 1. The average molecular weight is 460 g/mol. The van der Waals surface area contributed by atoms with E-state index in [1.807, 2.05) is 0 Å². The minimum Gasteiger partial charge on any atom is -0.497 e. The highest BCUT2D eigenvalue weighted by atomic mass is 32.2. The number of carbonyl (C=O) groups is 1. The number of carbonyl (C=O) groups excluding carboxylic acids is 1. The van der Waals surface area contributed by atoms with Crippen LogP contribution in [0, 0.1) is 11.6 Å². The molecule has 0 bridgehead atoms. The third kappa shape index (κ3) is 4.09. The van der Waals surface area contributed by atoms with Crippen molar-refractivity contribution < 1.29 is 31.5 Å². The van der Waals surface area contributed by atoms with E-state index in [1.54, 1.807) is 18.2 Å². The van der Waals surface area contributed by atoms with Crippen molar-refractivity contribution in [3.05, 3.63) is 78.4 Å². The van der Waals surface area contributed by atoms with Crippen LogP contribution in [0.2, 0.25) is 0 Å². The van der Waals surface area contributed by atoms with Crippen LogP contribution in [-0.2, 0) is 14.8 Å². The molecule has 1 amide bonds. The van der Waals surface area contributed by atoms with Gasteiger partial charge in [-0.05, 0) is 48.5 Å². The number of sulfonamides is 1. The standard InChI is InChI=1S/C22H18F2N2O5S/c1-30-15-7-9-16(10-8-15)32(28,29)26-13-21(31-20-5-3-2-4-19(20)26)22(27)25-18-11-6-14(23)12-17(18)24/h2-12,21H,13H2,1H3,(H,25,27)/t21-/m0/s1. The van der Waals surface area contributed by atoms with E-state index in [-0.39, 0.29) is 28.6 Å². The summed E-state index contributed by atoms with van der Waals surface area (Å²) < 4.78 is 65.7. The molecule has 7 nitrogen and oxygen atoms in total. The highest BCUT2D eigenvalue weighted by Gasteiger charge is 2.37. The van der Waals surface area contributed by atoms with Crippen LogP contribution < -0.4 is 19.1 Å². The van der Waals surface area contributed by atoms with Gasteiger partial charge < -0.3 is 14.8 Å². The van der Waals surface area contributed by atoms with Crippen molar-refractivity contribution in [2.24, 2.45) is 0 Å². The van der Waals surface area contributed by atoms with Gasteiger partial charge in [-0.3, -0.25) is 9.10 Å². The summed E-state index contributed by atoms with van der Waals surface area (Å²) in [5, 5.41) is 2.32. The normalized spacial score (nSPS) is 15.5. The number of para-hydroxylation sites is 2. The maximum absolute atomic E-state index is 14.0. The molecule has 0 spiro atoms. The number of fused-ring (bicyclic) bond motifs is 1. The Kier molecular flexibility index (Phi) is 5.70. The molecule has 166 valence electrons. The first-order chi connectivity index (χ1) is 15.3. The first kappa shape index (κ1) is 21.6. The smallest absolute Gasteiger partial charge is 0.267 e. The Morgan fingerprint density at radius 2 is 1.81 bits per heavy atom. The fourth-order valence-corrected chi connectivity index (χ4v) is 4.72. The van der Waals surface area contributed by atoms with Gasteiger partial charge in [-0.2, -0.15) is 0 Å². The molecule has 1 heterocycles. The SMILES string of the molecule is COc1ccc(S(=O)(=O)N2C[C@@H](C(=O)Nc3ccc(F)cc3F)Oc3ccccc32)cc1. The van der Waals surface area contributed by atoms with Crippen molar-refractivity contribution >= 4 is 27.3 Å². The molecule has 32 heavy (non-hydrogen) atoms. The molecule has 1 N–H and O–H groups in total. The van der Waals surface area contributed by atoms with Gasteiger partial charge in [0.05, 0.1) is 29.9 Å². The second-order valence-electron chi connectivity index (χ2n) is 6.90. The largest absolute Gasteiger partial charge is 0.497 e. The Labute approximate surface area is 183 Å². The lowest BCUT2D eigenvalue weighted by Crippen LogP contribution is -2.48. The van der Waals surface area contributed by atoms with Crippen molar-refractivity contribution in [2.75, 3.05) is 23.3 Å². The summed E-state index contributed by atoms with van der Waals surface area (Å²) >= 11 is 0. The third-order valence-electron chi connectivity index (χ3n) is 4.86. The minimum absolute atomic E-state index is 0.00117. The Hall–Kier alpha value is -3.66. The lowest BCUT2D eigenvalue weighted by atomic mass is 10.2. The van der Waals surface area contributed by atoms with Crippen LogP contribution in [-0.4, -0.2) is 34.1 Å². The molecule has 4 rings (SSSR count). The van der Waals surface area contributed by atoms with Crippen LogP contribution in [0.25, 0.3) is 0 Å². The third-order valence-corrected chi connectivity index (χ3v) is 6.66. The average Bonchev–Trinajstić information content (AvgIpc) is 2.80. The number of rotatable bonds is 5. The molecule has 0 fully saturated rings. The summed E-state index contributed by atoms with van der Waals surface area (Å²) in [6.45, 7) is -0.347. The van der Waals surface area contributed by atoms with Gasteiger partial charge in [-0.15, -0.1) is 0 Å². The summed E-state index contributed by atoms with van der Waals surface area (Å²) in [5.74, 6) is -1.86. The number of halogens is 2. The molecule has 0 saturated carbocycles. The van der Waals surface area contributed by atoms with E-state index in [0.29, 0.717) is 11.8 Å². The second kappa shape index (κ2) is 8.46. The molecular weight excluding hydrogens is 442 g/mol. The first-order valence-corrected chi connectivity index (χ1v) is 10.9. The number of hydrogen-bond acceptors (Lipinski definition) is 5. The fourth-order valence-electron chi connectivity index (χ4n) is 3.25. The lowest BCUT2D eigenvalue weighted by Gasteiger charge is -2.34. The summed E-state index contributed by atoms with van der Waals surface area (Å²) in [5.41, 5.74) is 0.0174. The number of hydrogen-bond donors (Lipinski definition) is 1. The van der Waals surface area contributed by atoms with Crippen LogP contribution in [0.15, 0.2) is 71.6 Å². The zero-order valence-corrected chi connectivity index (χ0v) is 17.6. The van der Waals surface area contributed by atoms with Gasteiger partial charge in [-0.1, -0.05) is 12.1 Å². The summed E-state index contributed by atoms with van der Waals surface area (Å²) in [6.07, 6.45) is -1.28. The molecule has 0 saturated heterocycles. The predicted octanol–water partition coefficient (Wildman–Crippen LogP) is 3.57. The molecule has 1 aliphatic heterocycles. The molecule has 1 atom stereocenters. The number of amides is 1. The maximum Gasteiger partial charge on any atom is 0.267 e. The zero-order chi connectivity index (χ0) is 22.9. The van der Waals surface area contributed by atoms with Crippen molar-refractivity contribution in [2.45, 2.75) is 11.0 Å². The van der Waals surface area contributed by atoms with E-state index in [4.69, 9.17) is 9.47 Å². The zero-order valence-electron chi connectivity index (χ0n) is 16.8. The number of anilines is 2. The number of ether oxygens (including phenoxy) is 2. The first-order valence-electron chi connectivity index (χ1n) is 9.48. The number of benzene rings is 3. The fraction of sp³-hybridized carbons (Fsp3) is 0.136. The topological polar surface area (TPSA) is 84.9 Å². The molecule has 1 aliphatic rings. The van der Waals surface area contributed by atoms with Gasteiger partial charge in [0.25, 0.3) is 15.9 Å². The maximum atomic E-state index is 14.0. The van der Waals surface area contributed by atoms with E-state index in [0.717, 1.165) is 16.4 Å². The molecule has 0 unspecified atom stereocenters. The van der Waals surface area contributed by atoms with E-state index < -0.39 is 33.7 Å². The molecule has 3 aromatic rings. The predicted molar refractivity (Wildman–Crippen MR) is 113 cm³/mol. The molecule has 10 heteroatoms. The van der Waals surface area contributed by atoms with Crippen LogP contribution >= 0.6 is 0 Å². The quantitative estimate of drug-likeness (QED) is 0.629. The number of methoxy groups -OCH3 is 1. The Morgan fingerprint density at radius 3 is 2.50 bits per heavy atom. The highest BCUT2D eigenvalue weighted by molar-refractivity contribution is 7.92. The molecule has 0 aromatic heterocycles. The molecule has 0 aliphatic carbocycles. The summed E-state index contributed by atoms with van der Waals surface area (Å²) in [4.78, 5) is 12.8. The van der Waals surface area contributed by atoms with Gasteiger partial charge in [-0.25, -0.2) is 17.2 Å². The van der Waals surface area contributed by atoms with Gasteiger partial charge in [0.1, 0.15) is 23.1 Å². The van der Waals surface area contributed by atoms with Gasteiger partial charge in [0, 0.05) is 6.07 Å². The minimum atomic E-state index is -4.06. The number of nitrogens with zero attached hydrogens (tertiary/aromatic N) is 1. The van der Waals surface area contributed by atoms with Crippen molar-refractivity contribution in [1.29, 1.82) is 0 Å². The highest BCUT2D eigenvalue weighted by Crippen LogP contribution is 2.37. The molecule has 0 radical (unpaired) electrons. The van der Waals surface area contributed by atoms with Gasteiger partial charge in [0.15, 0.2) is 6.10 Å².